The standard InChI is InChI=1S/C27H26O3/c1-2-25(19-12-20-29-21-22-13-6-3-7-14-22)30-27(28)26(23-15-8-4-9-16-23)24-17-10-5-11-18-24/h3-11,13-18,25-26H,2,20-21H2,1H3/t25-/m0/s1. The molecular formula is C27H26O3. The van der Waals surface area contributed by atoms with E-state index in [1.54, 1.807) is 0 Å². The average Bonchev–Trinajstić information content (AvgIpc) is 2.80. The van der Waals surface area contributed by atoms with Crippen LogP contribution >= 0.6 is 0 Å². The zero-order valence-electron chi connectivity index (χ0n) is 17.2. The second-order valence-electron chi connectivity index (χ2n) is 6.89. The lowest BCUT2D eigenvalue weighted by Gasteiger charge is -2.19. The summed E-state index contributed by atoms with van der Waals surface area (Å²) in [6.07, 6.45) is 0.154. The zero-order valence-corrected chi connectivity index (χ0v) is 17.2. The smallest absolute Gasteiger partial charge is 0.319 e. The van der Waals surface area contributed by atoms with Crippen LogP contribution in [-0.2, 0) is 20.9 Å². The van der Waals surface area contributed by atoms with Crippen LogP contribution in [0.15, 0.2) is 91.0 Å². The highest BCUT2D eigenvalue weighted by Crippen LogP contribution is 2.26. The van der Waals surface area contributed by atoms with Crippen LogP contribution in [0.5, 0.6) is 0 Å². The van der Waals surface area contributed by atoms with E-state index < -0.39 is 12.0 Å². The van der Waals surface area contributed by atoms with Crippen molar-refractivity contribution < 1.29 is 14.3 Å². The van der Waals surface area contributed by atoms with Crippen LogP contribution in [0, 0.1) is 11.8 Å². The molecule has 3 heteroatoms. The molecule has 3 aromatic rings. The molecular weight excluding hydrogens is 372 g/mol. The number of rotatable bonds is 8. The van der Waals surface area contributed by atoms with Gasteiger partial charge in [0.1, 0.15) is 12.5 Å². The molecule has 0 aliphatic heterocycles. The topological polar surface area (TPSA) is 35.5 Å². The van der Waals surface area contributed by atoms with E-state index in [-0.39, 0.29) is 5.97 Å². The molecule has 30 heavy (non-hydrogen) atoms. The number of hydrogen-bond donors (Lipinski definition) is 0. The van der Waals surface area contributed by atoms with Gasteiger partial charge in [0.25, 0.3) is 0 Å². The molecule has 152 valence electrons. The summed E-state index contributed by atoms with van der Waals surface area (Å²) in [5.41, 5.74) is 2.91. The first-order valence-corrected chi connectivity index (χ1v) is 10.2. The summed E-state index contributed by atoms with van der Waals surface area (Å²) in [7, 11) is 0. The van der Waals surface area contributed by atoms with Gasteiger partial charge in [0, 0.05) is 0 Å². The Morgan fingerprint density at radius 1 is 0.833 bits per heavy atom. The minimum atomic E-state index is -0.474. The molecule has 0 heterocycles. The van der Waals surface area contributed by atoms with E-state index in [4.69, 9.17) is 9.47 Å². The molecule has 0 aliphatic rings. The fraction of sp³-hybridized carbons (Fsp3) is 0.222. The number of ether oxygens (including phenoxy) is 2. The summed E-state index contributed by atoms with van der Waals surface area (Å²) in [5, 5.41) is 0. The lowest BCUT2D eigenvalue weighted by Crippen LogP contribution is -2.23. The third kappa shape index (κ3) is 6.34. The fourth-order valence-corrected chi connectivity index (χ4v) is 3.13. The summed E-state index contributed by atoms with van der Waals surface area (Å²) >= 11 is 0. The lowest BCUT2D eigenvalue weighted by atomic mass is 9.91. The quantitative estimate of drug-likeness (QED) is 0.291. The Kier molecular flexibility index (Phi) is 8.26. The maximum Gasteiger partial charge on any atom is 0.319 e. The average molecular weight is 399 g/mol. The minimum Gasteiger partial charge on any atom is -0.448 e. The molecule has 0 unspecified atom stereocenters. The van der Waals surface area contributed by atoms with Crippen molar-refractivity contribution in [2.24, 2.45) is 0 Å². The first-order valence-electron chi connectivity index (χ1n) is 10.2. The van der Waals surface area contributed by atoms with E-state index in [2.05, 4.69) is 11.8 Å². The minimum absolute atomic E-state index is 0.293. The summed E-state index contributed by atoms with van der Waals surface area (Å²) in [4.78, 5) is 13.1. The number of benzene rings is 3. The van der Waals surface area contributed by atoms with E-state index in [0.29, 0.717) is 19.6 Å². The maximum atomic E-state index is 13.1. The van der Waals surface area contributed by atoms with Gasteiger partial charge in [0.2, 0.25) is 0 Å². The molecule has 0 aliphatic carbocycles. The molecule has 3 rings (SSSR count). The molecule has 0 saturated carbocycles. The van der Waals surface area contributed by atoms with Crippen molar-refractivity contribution in [3.8, 4) is 11.8 Å². The normalized spacial score (nSPS) is 11.4. The van der Waals surface area contributed by atoms with Crippen LogP contribution in [0.1, 0.15) is 36.0 Å². The van der Waals surface area contributed by atoms with Crippen molar-refractivity contribution in [2.45, 2.75) is 32.0 Å². The number of hydrogen-bond acceptors (Lipinski definition) is 3. The molecule has 0 radical (unpaired) electrons. The summed E-state index contributed by atoms with van der Waals surface area (Å²) < 4.78 is 11.4. The lowest BCUT2D eigenvalue weighted by molar-refractivity contribution is -0.147. The number of esters is 1. The maximum absolute atomic E-state index is 13.1. The monoisotopic (exact) mass is 398 g/mol. The first-order chi connectivity index (χ1) is 14.8. The van der Waals surface area contributed by atoms with Crippen molar-refractivity contribution in [2.75, 3.05) is 6.61 Å². The number of carbonyl (C=O) groups excluding carboxylic acids is 1. The van der Waals surface area contributed by atoms with Gasteiger partial charge in [-0.05, 0) is 23.1 Å². The Morgan fingerprint density at radius 2 is 1.37 bits per heavy atom. The van der Waals surface area contributed by atoms with Crippen LogP contribution in [0.4, 0.5) is 0 Å². The summed E-state index contributed by atoms with van der Waals surface area (Å²) in [5.74, 6) is 5.24. The van der Waals surface area contributed by atoms with Crippen molar-refractivity contribution in [3.63, 3.8) is 0 Å². The molecule has 3 nitrogen and oxygen atoms in total. The number of carbonyl (C=O) groups is 1. The third-order valence-electron chi connectivity index (χ3n) is 4.68. The van der Waals surface area contributed by atoms with Gasteiger partial charge in [-0.2, -0.15) is 0 Å². The Balaban J connectivity index is 1.62. The largest absolute Gasteiger partial charge is 0.448 e. The van der Waals surface area contributed by atoms with Crippen molar-refractivity contribution in [1.29, 1.82) is 0 Å². The van der Waals surface area contributed by atoms with Crippen molar-refractivity contribution >= 4 is 5.97 Å². The fourth-order valence-electron chi connectivity index (χ4n) is 3.13. The highest BCUT2D eigenvalue weighted by atomic mass is 16.5. The Labute approximate surface area is 178 Å². The molecule has 0 spiro atoms. The molecule has 0 fully saturated rings. The zero-order chi connectivity index (χ0) is 21.0. The van der Waals surface area contributed by atoms with E-state index in [1.807, 2.05) is 97.9 Å². The van der Waals surface area contributed by atoms with Crippen molar-refractivity contribution in [1.82, 2.24) is 0 Å². The van der Waals surface area contributed by atoms with E-state index in [1.165, 1.54) is 0 Å². The van der Waals surface area contributed by atoms with E-state index in [9.17, 15) is 4.79 Å². The van der Waals surface area contributed by atoms with Crippen LogP contribution in [0.3, 0.4) is 0 Å². The van der Waals surface area contributed by atoms with Gasteiger partial charge in [0.15, 0.2) is 6.10 Å². The molecule has 0 N–H and O–H groups in total. The van der Waals surface area contributed by atoms with E-state index >= 15 is 0 Å². The Bertz CT molecular complexity index is 917. The molecule has 0 amide bonds. The predicted molar refractivity (Wildman–Crippen MR) is 119 cm³/mol. The molecule has 0 bridgehead atoms. The predicted octanol–water partition coefficient (Wildman–Crippen LogP) is 5.36. The van der Waals surface area contributed by atoms with Gasteiger partial charge in [-0.25, -0.2) is 0 Å². The highest BCUT2D eigenvalue weighted by molar-refractivity contribution is 5.82. The van der Waals surface area contributed by atoms with Crippen LogP contribution in [0.25, 0.3) is 0 Å². The summed E-state index contributed by atoms with van der Waals surface area (Å²) in [6, 6.07) is 29.3. The Hall–Kier alpha value is -3.35. The van der Waals surface area contributed by atoms with E-state index in [0.717, 1.165) is 16.7 Å². The van der Waals surface area contributed by atoms with Gasteiger partial charge in [-0.1, -0.05) is 110 Å². The highest BCUT2D eigenvalue weighted by Gasteiger charge is 2.25. The Morgan fingerprint density at radius 3 is 1.90 bits per heavy atom. The van der Waals surface area contributed by atoms with Crippen LogP contribution in [0.2, 0.25) is 0 Å². The second kappa shape index (κ2) is 11.6. The van der Waals surface area contributed by atoms with Gasteiger partial charge >= 0.3 is 5.97 Å². The molecule has 1 atom stereocenters. The van der Waals surface area contributed by atoms with Gasteiger partial charge in [-0.15, -0.1) is 0 Å². The SMILES string of the molecule is CC[C@@H](C#CCOCc1ccccc1)OC(=O)C(c1ccccc1)c1ccccc1. The van der Waals surface area contributed by atoms with Gasteiger partial charge in [-0.3, -0.25) is 4.79 Å². The van der Waals surface area contributed by atoms with Gasteiger partial charge in [0.05, 0.1) is 6.61 Å². The third-order valence-corrected chi connectivity index (χ3v) is 4.68. The van der Waals surface area contributed by atoms with Crippen LogP contribution < -0.4 is 0 Å². The summed E-state index contributed by atoms with van der Waals surface area (Å²) in [6.45, 7) is 2.76. The van der Waals surface area contributed by atoms with Gasteiger partial charge < -0.3 is 9.47 Å². The molecule has 3 aromatic carbocycles. The molecule has 0 saturated heterocycles. The van der Waals surface area contributed by atoms with Crippen molar-refractivity contribution in [3.05, 3.63) is 108 Å². The first kappa shape index (κ1) is 21.4. The second-order valence-corrected chi connectivity index (χ2v) is 6.89. The molecule has 0 aromatic heterocycles. The van der Waals surface area contributed by atoms with Crippen LogP contribution in [-0.4, -0.2) is 18.7 Å².